The van der Waals surface area contributed by atoms with Gasteiger partial charge in [-0.1, -0.05) is 6.92 Å². The summed E-state index contributed by atoms with van der Waals surface area (Å²) < 4.78 is 0. The highest BCUT2D eigenvalue weighted by Crippen LogP contribution is 2.45. The molecule has 2 heterocycles. The van der Waals surface area contributed by atoms with Gasteiger partial charge in [0.25, 0.3) is 0 Å². The smallest absolute Gasteiger partial charge is 0.107 e. The summed E-state index contributed by atoms with van der Waals surface area (Å²) in [5.74, 6) is 2.56. The molecule has 1 N–H and O–H groups in total. The highest BCUT2D eigenvalue weighted by Gasteiger charge is 2.29. The molecule has 0 bridgehead atoms. The Morgan fingerprint density at radius 2 is 2.24 bits per heavy atom. The third-order valence-electron chi connectivity index (χ3n) is 3.11. The summed E-state index contributed by atoms with van der Waals surface area (Å²) in [6, 6.07) is 0.362. The molecule has 0 aliphatic carbocycles. The van der Waals surface area contributed by atoms with Crippen LogP contribution >= 0.6 is 34.9 Å². The van der Waals surface area contributed by atoms with Crippen LogP contribution in [0.3, 0.4) is 0 Å². The van der Waals surface area contributed by atoms with Crippen LogP contribution in [-0.4, -0.2) is 28.8 Å². The van der Waals surface area contributed by atoms with Gasteiger partial charge in [-0.3, -0.25) is 0 Å². The first-order valence-electron chi connectivity index (χ1n) is 6.12. The van der Waals surface area contributed by atoms with Crippen molar-refractivity contribution in [2.75, 3.05) is 18.6 Å². The van der Waals surface area contributed by atoms with Gasteiger partial charge in [0.05, 0.1) is 10.9 Å². The van der Waals surface area contributed by atoms with E-state index in [1.807, 2.05) is 18.4 Å². The summed E-state index contributed by atoms with van der Waals surface area (Å²) in [6.45, 7) is 4.46. The predicted octanol–water partition coefficient (Wildman–Crippen LogP) is 3.72. The zero-order valence-electron chi connectivity index (χ0n) is 10.6. The third-order valence-corrected chi connectivity index (χ3v) is 7.46. The van der Waals surface area contributed by atoms with Crippen LogP contribution in [0.1, 0.15) is 42.3 Å². The van der Waals surface area contributed by atoms with Crippen molar-refractivity contribution in [1.29, 1.82) is 0 Å². The molecule has 3 unspecified atom stereocenters. The van der Waals surface area contributed by atoms with Crippen LogP contribution < -0.4 is 5.32 Å². The molecule has 17 heavy (non-hydrogen) atoms. The van der Waals surface area contributed by atoms with E-state index in [1.165, 1.54) is 28.6 Å². The quantitative estimate of drug-likeness (QED) is 0.913. The van der Waals surface area contributed by atoms with E-state index in [4.69, 9.17) is 4.98 Å². The van der Waals surface area contributed by atoms with E-state index in [-0.39, 0.29) is 0 Å². The predicted molar refractivity (Wildman–Crippen MR) is 81.3 cm³/mol. The normalized spacial score (nSPS) is 27.0. The Kier molecular flexibility index (Phi) is 5.21. The van der Waals surface area contributed by atoms with E-state index < -0.39 is 0 Å². The SMILES string of the molecule is CCC1SCCSC1c1nc(C(C)NC)cs1. The van der Waals surface area contributed by atoms with Crippen LogP contribution in [0.4, 0.5) is 0 Å². The summed E-state index contributed by atoms with van der Waals surface area (Å²) in [7, 11) is 1.99. The first-order chi connectivity index (χ1) is 8.26. The van der Waals surface area contributed by atoms with Crippen LogP contribution in [0.15, 0.2) is 5.38 Å². The van der Waals surface area contributed by atoms with Crippen molar-refractivity contribution < 1.29 is 0 Å². The van der Waals surface area contributed by atoms with Crippen LogP contribution in [0.25, 0.3) is 0 Å². The lowest BCUT2D eigenvalue weighted by Gasteiger charge is -2.28. The molecule has 3 atom stereocenters. The molecule has 96 valence electrons. The fourth-order valence-electron chi connectivity index (χ4n) is 1.91. The molecule has 1 aromatic heterocycles. The molecule has 1 fully saturated rings. The zero-order valence-corrected chi connectivity index (χ0v) is 13.1. The molecule has 2 nitrogen and oxygen atoms in total. The van der Waals surface area contributed by atoms with E-state index in [1.54, 1.807) is 0 Å². The Balaban J connectivity index is 2.12. The fourth-order valence-corrected chi connectivity index (χ4v) is 6.26. The Labute approximate surface area is 116 Å². The molecule has 2 rings (SSSR count). The number of nitrogens with one attached hydrogen (secondary N) is 1. The van der Waals surface area contributed by atoms with Gasteiger partial charge in [0, 0.05) is 28.2 Å². The Morgan fingerprint density at radius 3 is 2.94 bits per heavy atom. The summed E-state index contributed by atoms with van der Waals surface area (Å²) >= 11 is 6.04. The number of nitrogens with zero attached hydrogens (tertiary/aromatic N) is 1. The second-order valence-electron chi connectivity index (χ2n) is 4.23. The first-order valence-corrected chi connectivity index (χ1v) is 9.09. The number of hydrogen-bond donors (Lipinski definition) is 1. The molecule has 1 aliphatic heterocycles. The lowest BCUT2D eigenvalue weighted by Crippen LogP contribution is -2.18. The minimum absolute atomic E-state index is 0.362. The van der Waals surface area contributed by atoms with E-state index in [9.17, 15) is 0 Å². The standard InChI is InChI=1S/C12H20N2S3/c1-4-10-11(16-6-5-15-10)12-14-9(7-17-12)8(2)13-3/h7-8,10-11,13H,4-6H2,1-3H3. The van der Waals surface area contributed by atoms with Crippen LogP contribution in [0.2, 0.25) is 0 Å². The second kappa shape index (κ2) is 6.45. The Bertz CT molecular complexity index is 353. The number of hydrogen-bond acceptors (Lipinski definition) is 5. The highest BCUT2D eigenvalue weighted by molar-refractivity contribution is 8.06. The van der Waals surface area contributed by atoms with Crippen molar-refractivity contribution in [3.63, 3.8) is 0 Å². The molecule has 5 heteroatoms. The number of thiazole rings is 1. The number of thioether (sulfide) groups is 2. The van der Waals surface area contributed by atoms with Gasteiger partial charge in [0.2, 0.25) is 0 Å². The van der Waals surface area contributed by atoms with Gasteiger partial charge in [0.15, 0.2) is 0 Å². The largest absolute Gasteiger partial charge is 0.312 e. The van der Waals surface area contributed by atoms with Crippen molar-refractivity contribution in [3.8, 4) is 0 Å². The lowest BCUT2D eigenvalue weighted by atomic mass is 10.2. The van der Waals surface area contributed by atoms with Gasteiger partial charge in [-0.05, 0) is 20.4 Å². The van der Waals surface area contributed by atoms with Gasteiger partial charge < -0.3 is 5.32 Å². The molecular formula is C12H20N2S3. The zero-order chi connectivity index (χ0) is 12.3. The van der Waals surface area contributed by atoms with E-state index in [0.717, 1.165) is 5.25 Å². The van der Waals surface area contributed by atoms with Crippen molar-refractivity contribution in [3.05, 3.63) is 16.1 Å². The van der Waals surface area contributed by atoms with Gasteiger partial charge >= 0.3 is 0 Å². The molecule has 1 aliphatic rings. The third kappa shape index (κ3) is 3.19. The number of aromatic nitrogens is 1. The maximum Gasteiger partial charge on any atom is 0.107 e. The van der Waals surface area contributed by atoms with Gasteiger partial charge in [0.1, 0.15) is 5.01 Å². The van der Waals surface area contributed by atoms with Crippen molar-refractivity contribution >= 4 is 34.9 Å². The topological polar surface area (TPSA) is 24.9 Å². The highest BCUT2D eigenvalue weighted by atomic mass is 32.2. The average Bonchev–Trinajstić information content (AvgIpc) is 2.87. The minimum Gasteiger partial charge on any atom is -0.312 e. The molecule has 0 saturated carbocycles. The molecule has 0 spiro atoms. The van der Waals surface area contributed by atoms with Crippen LogP contribution in [0.5, 0.6) is 0 Å². The van der Waals surface area contributed by atoms with Gasteiger partial charge in [-0.25, -0.2) is 4.98 Å². The average molecular weight is 289 g/mol. The van der Waals surface area contributed by atoms with Gasteiger partial charge in [-0.15, -0.1) is 23.1 Å². The van der Waals surface area contributed by atoms with E-state index in [2.05, 4.69) is 48.1 Å². The monoisotopic (exact) mass is 288 g/mol. The molecule has 0 aromatic carbocycles. The van der Waals surface area contributed by atoms with Crippen LogP contribution in [0, 0.1) is 0 Å². The maximum absolute atomic E-state index is 4.82. The van der Waals surface area contributed by atoms with E-state index in [0.29, 0.717) is 11.3 Å². The van der Waals surface area contributed by atoms with Crippen molar-refractivity contribution in [2.24, 2.45) is 0 Å². The second-order valence-corrected chi connectivity index (χ2v) is 7.72. The summed E-state index contributed by atoms with van der Waals surface area (Å²) in [4.78, 5) is 4.82. The molecule has 0 amide bonds. The molecule has 0 radical (unpaired) electrons. The molecular weight excluding hydrogens is 268 g/mol. The number of rotatable bonds is 4. The summed E-state index contributed by atoms with van der Waals surface area (Å²) in [6.07, 6.45) is 1.25. The Morgan fingerprint density at radius 1 is 1.47 bits per heavy atom. The minimum atomic E-state index is 0.362. The fraction of sp³-hybridized carbons (Fsp3) is 0.750. The lowest BCUT2D eigenvalue weighted by molar-refractivity contribution is 0.633. The summed E-state index contributed by atoms with van der Waals surface area (Å²) in [5, 5.41) is 8.15. The molecule has 1 saturated heterocycles. The van der Waals surface area contributed by atoms with Gasteiger partial charge in [-0.2, -0.15) is 11.8 Å². The first kappa shape index (κ1) is 13.7. The Hall–Kier alpha value is 0.290. The van der Waals surface area contributed by atoms with Crippen LogP contribution in [-0.2, 0) is 0 Å². The molecule has 1 aromatic rings. The van der Waals surface area contributed by atoms with E-state index >= 15 is 0 Å². The maximum atomic E-state index is 4.82. The van der Waals surface area contributed by atoms with Crippen molar-refractivity contribution in [2.45, 2.75) is 36.8 Å². The van der Waals surface area contributed by atoms with Crippen molar-refractivity contribution in [1.82, 2.24) is 10.3 Å². The summed E-state index contributed by atoms with van der Waals surface area (Å²) in [5.41, 5.74) is 1.19.